The molecule has 1 fully saturated rings. The lowest BCUT2D eigenvalue weighted by atomic mass is 10.1. The van der Waals surface area contributed by atoms with Crippen molar-refractivity contribution in [3.05, 3.63) is 39.2 Å². The third-order valence-electron chi connectivity index (χ3n) is 4.18. The first-order chi connectivity index (χ1) is 10.7. The molecule has 0 bridgehead atoms. The van der Waals surface area contributed by atoms with E-state index in [1.54, 1.807) is 11.3 Å². The number of thiophene rings is 1. The zero-order valence-electron chi connectivity index (χ0n) is 12.9. The van der Waals surface area contributed by atoms with Gasteiger partial charge in [-0.05, 0) is 30.9 Å². The molecule has 3 heterocycles. The maximum atomic E-state index is 9.42. The summed E-state index contributed by atoms with van der Waals surface area (Å²) in [6.07, 6.45) is 0. The van der Waals surface area contributed by atoms with Crippen molar-refractivity contribution in [1.82, 2.24) is 15.1 Å². The Bertz CT molecular complexity index is 681. The monoisotopic (exact) mass is 313 g/mol. The van der Waals surface area contributed by atoms with Crippen molar-refractivity contribution in [3.8, 4) is 6.07 Å². The number of anilines is 1. The Hall–Kier alpha value is -1.97. The van der Waals surface area contributed by atoms with Crippen molar-refractivity contribution in [2.24, 2.45) is 0 Å². The standard InChI is InChI=1S/C16H19N5S/c1-12-13(2)18-19-16(15(12)10-17)21-7-5-20(6-8-21)11-14-4-3-9-22-14/h3-4,9H,5-8,11H2,1-2H3. The molecule has 2 aromatic heterocycles. The van der Waals surface area contributed by atoms with Crippen LogP contribution in [0, 0.1) is 25.2 Å². The summed E-state index contributed by atoms with van der Waals surface area (Å²) in [5.41, 5.74) is 2.43. The molecular formula is C16H19N5S. The molecule has 0 unspecified atom stereocenters. The molecule has 3 rings (SSSR count). The molecule has 2 aromatic rings. The fourth-order valence-electron chi connectivity index (χ4n) is 2.69. The summed E-state index contributed by atoms with van der Waals surface area (Å²) < 4.78 is 0. The molecule has 0 N–H and O–H groups in total. The quantitative estimate of drug-likeness (QED) is 0.870. The van der Waals surface area contributed by atoms with Gasteiger partial charge in [0.25, 0.3) is 0 Å². The maximum absolute atomic E-state index is 9.42. The minimum absolute atomic E-state index is 0.666. The van der Waals surface area contributed by atoms with Gasteiger partial charge < -0.3 is 4.90 Å². The number of nitrogens with zero attached hydrogens (tertiary/aromatic N) is 5. The summed E-state index contributed by atoms with van der Waals surface area (Å²) in [4.78, 5) is 6.03. The first-order valence-corrected chi connectivity index (χ1v) is 8.30. The van der Waals surface area contributed by atoms with Crippen LogP contribution >= 0.6 is 11.3 Å². The number of rotatable bonds is 3. The summed E-state index contributed by atoms with van der Waals surface area (Å²) in [6.45, 7) is 8.59. The molecule has 22 heavy (non-hydrogen) atoms. The van der Waals surface area contributed by atoms with E-state index in [9.17, 15) is 5.26 Å². The smallest absolute Gasteiger partial charge is 0.169 e. The molecular weight excluding hydrogens is 294 g/mol. The number of aryl methyl sites for hydroxylation is 1. The molecule has 0 spiro atoms. The van der Waals surface area contributed by atoms with E-state index in [-0.39, 0.29) is 0 Å². The highest BCUT2D eigenvalue weighted by Crippen LogP contribution is 2.23. The predicted octanol–water partition coefficient (Wildman–Crippen LogP) is 2.35. The third-order valence-corrected chi connectivity index (χ3v) is 5.04. The summed E-state index contributed by atoms with van der Waals surface area (Å²) in [7, 11) is 0. The number of aromatic nitrogens is 2. The van der Waals surface area contributed by atoms with Crippen LogP contribution in [0.1, 0.15) is 21.7 Å². The summed E-state index contributed by atoms with van der Waals surface area (Å²) >= 11 is 1.80. The zero-order valence-corrected chi connectivity index (χ0v) is 13.7. The van der Waals surface area contributed by atoms with E-state index in [0.717, 1.165) is 49.8 Å². The Kier molecular flexibility index (Phi) is 4.36. The van der Waals surface area contributed by atoms with Gasteiger partial charge in [0.15, 0.2) is 5.82 Å². The second-order valence-corrected chi connectivity index (χ2v) is 6.60. The van der Waals surface area contributed by atoms with Crippen LogP contribution < -0.4 is 4.90 Å². The van der Waals surface area contributed by atoms with Gasteiger partial charge in [0.05, 0.1) is 5.69 Å². The molecule has 0 atom stereocenters. The second-order valence-electron chi connectivity index (χ2n) is 5.56. The first kappa shape index (κ1) is 14.9. The molecule has 6 heteroatoms. The molecule has 1 aliphatic heterocycles. The van der Waals surface area contributed by atoms with Gasteiger partial charge >= 0.3 is 0 Å². The van der Waals surface area contributed by atoms with Gasteiger partial charge in [-0.3, -0.25) is 4.90 Å². The van der Waals surface area contributed by atoms with Crippen LogP contribution in [-0.4, -0.2) is 41.3 Å². The van der Waals surface area contributed by atoms with E-state index >= 15 is 0 Å². The molecule has 0 radical (unpaired) electrons. The predicted molar refractivity (Wildman–Crippen MR) is 88.0 cm³/mol. The Morgan fingerprint density at radius 1 is 1.23 bits per heavy atom. The van der Waals surface area contributed by atoms with Gasteiger partial charge in [-0.25, -0.2) is 0 Å². The van der Waals surface area contributed by atoms with Crippen molar-refractivity contribution in [2.75, 3.05) is 31.1 Å². The van der Waals surface area contributed by atoms with Crippen molar-refractivity contribution in [1.29, 1.82) is 5.26 Å². The Balaban J connectivity index is 1.69. The first-order valence-electron chi connectivity index (χ1n) is 7.42. The SMILES string of the molecule is Cc1nnc(N2CCN(Cc3cccs3)CC2)c(C#N)c1C. The van der Waals surface area contributed by atoms with E-state index in [4.69, 9.17) is 0 Å². The van der Waals surface area contributed by atoms with Crippen LogP contribution in [0.15, 0.2) is 17.5 Å². The van der Waals surface area contributed by atoms with Crippen LogP contribution in [0.2, 0.25) is 0 Å². The van der Waals surface area contributed by atoms with Crippen LogP contribution in [0.4, 0.5) is 5.82 Å². The molecule has 1 saturated heterocycles. The lowest BCUT2D eigenvalue weighted by Gasteiger charge is -2.35. The molecule has 1 aliphatic rings. The van der Waals surface area contributed by atoms with Crippen LogP contribution in [0.5, 0.6) is 0 Å². The van der Waals surface area contributed by atoms with Gasteiger partial charge in [0.2, 0.25) is 0 Å². The Morgan fingerprint density at radius 2 is 2.00 bits per heavy atom. The molecule has 0 amide bonds. The second kappa shape index (κ2) is 6.42. The van der Waals surface area contributed by atoms with E-state index in [1.807, 2.05) is 13.8 Å². The minimum atomic E-state index is 0.666. The zero-order chi connectivity index (χ0) is 15.5. The molecule has 5 nitrogen and oxygen atoms in total. The van der Waals surface area contributed by atoms with Gasteiger partial charge in [-0.15, -0.1) is 16.4 Å². The minimum Gasteiger partial charge on any atom is -0.351 e. The van der Waals surface area contributed by atoms with Gasteiger partial charge in [-0.1, -0.05) is 6.07 Å². The fourth-order valence-corrected chi connectivity index (χ4v) is 3.44. The van der Waals surface area contributed by atoms with Crippen molar-refractivity contribution in [2.45, 2.75) is 20.4 Å². The van der Waals surface area contributed by atoms with Crippen molar-refractivity contribution < 1.29 is 0 Å². The van der Waals surface area contributed by atoms with E-state index in [2.05, 4.69) is 43.6 Å². The number of nitriles is 1. The molecule has 0 saturated carbocycles. The maximum Gasteiger partial charge on any atom is 0.169 e. The van der Waals surface area contributed by atoms with E-state index < -0.39 is 0 Å². The van der Waals surface area contributed by atoms with Crippen LogP contribution in [0.3, 0.4) is 0 Å². The van der Waals surface area contributed by atoms with Gasteiger partial charge in [0, 0.05) is 37.6 Å². The largest absolute Gasteiger partial charge is 0.351 e. The van der Waals surface area contributed by atoms with Crippen molar-refractivity contribution >= 4 is 17.2 Å². The van der Waals surface area contributed by atoms with E-state index in [1.165, 1.54) is 4.88 Å². The highest BCUT2D eigenvalue weighted by molar-refractivity contribution is 7.09. The lowest BCUT2D eigenvalue weighted by molar-refractivity contribution is 0.251. The van der Waals surface area contributed by atoms with Gasteiger partial charge in [-0.2, -0.15) is 10.4 Å². The highest BCUT2D eigenvalue weighted by Gasteiger charge is 2.22. The van der Waals surface area contributed by atoms with Crippen molar-refractivity contribution in [3.63, 3.8) is 0 Å². The molecule has 114 valence electrons. The topological polar surface area (TPSA) is 56.1 Å². The number of piperazine rings is 1. The number of hydrogen-bond acceptors (Lipinski definition) is 6. The summed E-state index contributed by atoms with van der Waals surface area (Å²) in [5.74, 6) is 0.737. The summed E-state index contributed by atoms with van der Waals surface area (Å²) in [5, 5.41) is 20.0. The van der Waals surface area contributed by atoms with Crippen LogP contribution in [-0.2, 0) is 6.54 Å². The summed E-state index contributed by atoms with van der Waals surface area (Å²) in [6, 6.07) is 6.57. The fraction of sp³-hybridized carbons (Fsp3) is 0.438. The highest BCUT2D eigenvalue weighted by atomic mass is 32.1. The lowest BCUT2D eigenvalue weighted by Crippen LogP contribution is -2.46. The Labute approximate surface area is 134 Å². The van der Waals surface area contributed by atoms with E-state index in [0.29, 0.717) is 5.56 Å². The molecule has 0 aliphatic carbocycles. The normalized spacial score (nSPS) is 15.8. The third kappa shape index (κ3) is 2.96. The molecule has 0 aromatic carbocycles. The van der Waals surface area contributed by atoms with Gasteiger partial charge in [0.1, 0.15) is 11.6 Å². The average molecular weight is 313 g/mol. The Morgan fingerprint density at radius 3 is 2.64 bits per heavy atom. The van der Waals surface area contributed by atoms with Crippen LogP contribution in [0.25, 0.3) is 0 Å². The average Bonchev–Trinajstić information content (AvgIpc) is 3.04. The number of hydrogen-bond donors (Lipinski definition) is 0.